The molecular formula is C75H124N8O8S. The van der Waals surface area contributed by atoms with Gasteiger partial charge >= 0.3 is 30.2 Å². The fourth-order valence-corrected chi connectivity index (χ4v) is 11.1. The van der Waals surface area contributed by atoms with Crippen molar-refractivity contribution in [2.24, 2.45) is 0 Å². The molecule has 0 bridgehead atoms. The van der Waals surface area contributed by atoms with Gasteiger partial charge in [0.15, 0.2) is 0 Å². The van der Waals surface area contributed by atoms with Gasteiger partial charge in [0.05, 0.1) is 16.2 Å². The van der Waals surface area contributed by atoms with Crippen LogP contribution < -0.4 is 5.32 Å². The van der Waals surface area contributed by atoms with Gasteiger partial charge in [0, 0.05) is 58.1 Å². The monoisotopic (exact) mass is 1300 g/mol. The molecule has 0 aromatic heterocycles. The fraction of sp³-hybridized carbons (Fsp3) is 0.560. The molecule has 0 saturated carbocycles. The van der Waals surface area contributed by atoms with E-state index in [1.165, 1.54) is 26.5 Å². The Morgan fingerprint density at radius 1 is 0.522 bits per heavy atom. The quantitative estimate of drug-likeness (QED) is 0.172. The molecule has 3 aliphatic heterocycles. The van der Waals surface area contributed by atoms with Crippen LogP contribution in [0.4, 0.5) is 24.0 Å². The first-order valence-corrected chi connectivity index (χ1v) is 32.9. The van der Waals surface area contributed by atoms with Crippen molar-refractivity contribution in [1.82, 2.24) is 39.6 Å². The van der Waals surface area contributed by atoms with Crippen LogP contribution in [-0.2, 0) is 30.2 Å². The Kier molecular flexibility index (Phi) is 38.2. The van der Waals surface area contributed by atoms with Crippen LogP contribution in [0, 0.1) is 0 Å². The molecule has 0 radical (unpaired) electrons. The maximum atomic E-state index is 12.9. The molecule has 92 heavy (non-hydrogen) atoms. The van der Waals surface area contributed by atoms with Gasteiger partial charge < -0.3 is 29.7 Å². The summed E-state index contributed by atoms with van der Waals surface area (Å²) in [4.78, 5) is 98.3. The second-order valence-corrected chi connectivity index (χ2v) is 26.2. The van der Waals surface area contributed by atoms with Crippen LogP contribution >= 0.6 is 11.8 Å². The summed E-state index contributed by atoms with van der Waals surface area (Å²) in [6, 6.07) is 37.5. The average Bonchev–Trinajstić information content (AvgIpc) is 1.56. The van der Waals surface area contributed by atoms with Gasteiger partial charge in [-0.1, -0.05) is 192 Å². The molecule has 4 aromatic carbocycles. The van der Waals surface area contributed by atoms with E-state index in [-0.39, 0.29) is 81.0 Å². The Bertz CT molecular complexity index is 2890. The number of thioether (sulfide) groups is 1. The molecule has 3 atom stereocenters. The first-order chi connectivity index (χ1) is 41.9. The lowest BCUT2D eigenvalue weighted by atomic mass is 9.78. The van der Waals surface area contributed by atoms with Crippen molar-refractivity contribution in [3.8, 4) is 0 Å². The van der Waals surface area contributed by atoms with Crippen LogP contribution in [0.3, 0.4) is 0 Å². The molecule has 1 N–H and O–H groups in total. The normalized spacial score (nSPS) is 18.1. The van der Waals surface area contributed by atoms with Crippen molar-refractivity contribution < 1.29 is 38.3 Å². The zero-order valence-electron chi connectivity index (χ0n) is 60.7. The molecule has 17 heteroatoms. The van der Waals surface area contributed by atoms with E-state index in [4.69, 9.17) is 4.74 Å². The molecule has 0 aliphatic carbocycles. The molecule has 518 valence electrons. The van der Waals surface area contributed by atoms with Gasteiger partial charge in [-0.25, -0.2) is 38.7 Å². The molecule has 3 aliphatic rings. The van der Waals surface area contributed by atoms with E-state index < -0.39 is 32.3 Å². The molecule has 4 aromatic rings. The second kappa shape index (κ2) is 39.4. The number of rotatable bonds is 9. The van der Waals surface area contributed by atoms with Gasteiger partial charge in [-0.15, -0.1) is 11.8 Å². The summed E-state index contributed by atoms with van der Waals surface area (Å²) in [5.74, 6) is 0.0232. The van der Waals surface area contributed by atoms with Crippen LogP contribution in [0.2, 0.25) is 0 Å². The summed E-state index contributed by atoms with van der Waals surface area (Å²) >= 11 is 1.53. The SMILES string of the molecule is C.C.CC.CC.CC.CC.CC(C)N(C)C(=O)C(C)(C)c1ccccc1.CC(C)N(C)C(=O)N1C(=O)C(C)(C)SC1(C)c1ccccc1.CC(C)N(C)C(=O)N1C(=O)OC(C)(C)C1(C)c1ccccc1.CC1=C(C)C(c2ccccc2)N(C(=O)N(C)C(C)C)C(=O)N1. The molecule has 2 fully saturated rings. The van der Waals surface area contributed by atoms with E-state index in [0.717, 1.165) is 33.5 Å². The van der Waals surface area contributed by atoms with Crippen molar-refractivity contribution in [2.45, 2.75) is 251 Å². The molecule has 11 amide bonds. The lowest BCUT2D eigenvalue weighted by molar-refractivity contribution is -0.136. The average molecular weight is 1300 g/mol. The number of likely N-dealkylation sites (N-methyl/N-ethyl adjacent to an activating group) is 1. The minimum atomic E-state index is -0.869. The summed E-state index contributed by atoms with van der Waals surface area (Å²) in [6.45, 7) is 50.6. The van der Waals surface area contributed by atoms with Crippen molar-refractivity contribution in [1.29, 1.82) is 0 Å². The number of urea groups is 4. The highest BCUT2D eigenvalue weighted by molar-refractivity contribution is 8.02. The third-order valence-electron chi connectivity index (χ3n) is 16.2. The number of amides is 11. The molecule has 0 spiro atoms. The van der Waals surface area contributed by atoms with Crippen LogP contribution in [0.25, 0.3) is 0 Å². The summed E-state index contributed by atoms with van der Waals surface area (Å²) < 4.78 is 4.89. The fourth-order valence-electron chi connectivity index (χ4n) is 9.45. The summed E-state index contributed by atoms with van der Waals surface area (Å²) in [7, 11) is 7.00. The van der Waals surface area contributed by atoms with Crippen LogP contribution in [0.1, 0.15) is 223 Å². The zero-order valence-corrected chi connectivity index (χ0v) is 61.6. The Morgan fingerprint density at radius 3 is 1.26 bits per heavy atom. The number of carbonyl (C=O) groups excluding carboxylic acids is 7. The molecular weight excluding hydrogens is 1170 g/mol. The lowest BCUT2D eigenvalue weighted by Crippen LogP contribution is -2.56. The van der Waals surface area contributed by atoms with Gasteiger partial charge in [0.1, 0.15) is 16.0 Å². The highest BCUT2D eigenvalue weighted by atomic mass is 32.2. The molecule has 2 saturated heterocycles. The molecule has 7 rings (SSSR count). The van der Waals surface area contributed by atoms with Gasteiger partial charge in [-0.3, -0.25) is 9.59 Å². The zero-order chi connectivity index (χ0) is 70.2. The number of ether oxygens (including phenoxy) is 1. The Morgan fingerprint density at radius 2 is 0.870 bits per heavy atom. The topological polar surface area (TPSA) is 163 Å². The summed E-state index contributed by atoms with van der Waals surface area (Å²) in [5, 5.41) is 2.77. The van der Waals surface area contributed by atoms with Gasteiger partial charge in [-0.05, 0) is 152 Å². The van der Waals surface area contributed by atoms with Crippen molar-refractivity contribution >= 4 is 53.8 Å². The number of nitrogens with one attached hydrogen (secondary N) is 1. The minimum Gasteiger partial charge on any atom is -0.440 e. The van der Waals surface area contributed by atoms with Crippen LogP contribution in [-0.4, -0.2) is 139 Å². The Hall–Kier alpha value is -7.14. The number of nitrogens with zero attached hydrogens (tertiary/aromatic N) is 7. The predicted octanol–water partition coefficient (Wildman–Crippen LogP) is 19.0. The number of benzene rings is 4. The maximum Gasteiger partial charge on any atom is 0.419 e. The van der Waals surface area contributed by atoms with Gasteiger partial charge in [0.2, 0.25) is 11.8 Å². The first-order valence-electron chi connectivity index (χ1n) is 32.1. The number of imide groups is 3. The third-order valence-corrected chi connectivity index (χ3v) is 17.7. The lowest BCUT2D eigenvalue weighted by Gasteiger charge is -2.41. The maximum absolute atomic E-state index is 12.9. The summed E-state index contributed by atoms with van der Waals surface area (Å²) in [6.07, 6.45) is -0.603. The molecule has 16 nitrogen and oxygen atoms in total. The second-order valence-electron chi connectivity index (χ2n) is 24.1. The number of carbonyl (C=O) groups is 7. The predicted molar refractivity (Wildman–Crippen MR) is 388 cm³/mol. The smallest absolute Gasteiger partial charge is 0.419 e. The van der Waals surface area contributed by atoms with Crippen molar-refractivity contribution in [3.05, 3.63) is 155 Å². The van der Waals surface area contributed by atoms with Gasteiger partial charge in [-0.2, -0.15) is 0 Å². The minimum absolute atomic E-state index is 0. The third kappa shape index (κ3) is 20.9. The number of cyclic esters (lactones) is 1. The number of hydrogen-bond acceptors (Lipinski definition) is 9. The van der Waals surface area contributed by atoms with E-state index in [2.05, 4.69) is 5.32 Å². The highest BCUT2D eigenvalue weighted by Gasteiger charge is 2.62. The van der Waals surface area contributed by atoms with Gasteiger partial charge in [0.25, 0.3) is 0 Å². The van der Waals surface area contributed by atoms with E-state index >= 15 is 0 Å². The van der Waals surface area contributed by atoms with Crippen molar-refractivity contribution in [3.63, 3.8) is 0 Å². The standard InChI is InChI=1S/C17H23N3O2.C17H24N2O3.C17H24N2O2S.C14H21NO.4C2H6.2CH4/c1-11(2)19(5)17(22)20-15(14-9-7-6-8-10-14)12(3)13(4)18-16(20)21;1-12(2)18(6)14(20)19-15(21)22-16(3,4)17(19,5)13-10-8-7-9-11-13;1-12(2)18(6)15(21)19-14(20)16(3,4)22-17(19,5)13-10-8-7-9-11-13;1-11(2)15(5)13(16)14(3,4)12-9-7-6-8-10-12;4*1-2;;/h6-11,15H,1-5H3,(H,18,21);2*7-12H,1-6H3;6-11H,1-5H3;4*1-2H3;2*1H4. The Balaban J connectivity index is -0.00000110. The number of allylic oxidation sites excluding steroid dienone is 1. The van der Waals surface area contributed by atoms with E-state index in [1.54, 1.807) is 40.7 Å². The molecule has 3 unspecified atom stereocenters. The Labute approximate surface area is 563 Å². The largest absolute Gasteiger partial charge is 0.440 e. The molecule has 3 heterocycles. The summed E-state index contributed by atoms with van der Waals surface area (Å²) in [5.41, 5.74) is 3.45. The van der Waals surface area contributed by atoms with Crippen LogP contribution in [0.15, 0.2) is 133 Å². The van der Waals surface area contributed by atoms with E-state index in [9.17, 15) is 33.6 Å². The van der Waals surface area contributed by atoms with Crippen LogP contribution in [0.5, 0.6) is 0 Å². The number of hydrogen-bond donors (Lipinski definition) is 1. The van der Waals surface area contributed by atoms with E-state index in [0.29, 0.717) is 0 Å². The van der Waals surface area contributed by atoms with Crippen molar-refractivity contribution in [2.75, 3.05) is 28.2 Å². The first kappa shape index (κ1) is 89.1. The highest BCUT2D eigenvalue weighted by Crippen LogP contribution is 2.54. The van der Waals surface area contributed by atoms with E-state index in [1.807, 2.05) is 308 Å².